The van der Waals surface area contributed by atoms with Crippen LogP contribution in [-0.4, -0.2) is 39.5 Å². The van der Waals surface area contributed by atoms with Crippen molar-refractivity contribution in [2.45, 2.75) is 37.6 Å². The van der Waals surface area contributed by atoms with E-state index in [4.69, 9.17) is 5.73 Å². The number of hydrogen-bond acceptors (Lipinski definition) is 4. The van der Waals surface area contributed by atoms with Crippen LogP contribution in [0.25, 0.3) is 0 Å². The van der Waals surface area contributed by atoms with E-state index in [1.54, 1.807) is 13.0 Å². The lowest BCUT2D eigenvalue weighted by Crippen LogP contribution is -2.46. The first-order chi connectivity index (χ1) is 9.31. The van der Waals surface area contributed by atoms with E-state index < -0.39 is 10.0 Å². The predicted octanol–water partition coefficient (Wildman–Crippen LogP) is 1.26. The number of anilines is 1. The maximum atomic E-state index is 12.6. The zero-order valence-corrected chi connectivity index (χ0v) is 13.1. The number of nitrogen functional groups attached to an aromatic ring is 1. The van der Waals surface area contributed by atoms with E-state index in [1.807, 2.05) is 20.0 Å². The Labute approximate surface area is 121 Å². The number of sulfonamides is 1. The Kier molecular flexibility index (Phi) is 4.36. The molecule has 20 heavy (non-hydrogen) atoms. The third-order valence-electron chi connectivity index (χ3n) is 3.83. The summed E-state index contributed by atoms with van der Waals surface area (Å²) in [6, 6.07) is 3.60. The molecule has 1 aromatic rings. The summed E-state index contributed by atoms with van der Waals surface area (Å²) >= 11 is 0. The lowest BCUT2D eigenvalue weighted by Gasteiger charge is -2.30. The van der Waals surface area contributed by atoms with E-state index in [2.05, 4.69) is 9.62 Å². The molecule has 2 rings (SSSR count). The maximum Gasteiger partial charge on any atom is 0.243 e. The summed E-state index contributed by atoms with van der Waals surface area (Å²) in [6.45, 7) is 5.35. The van der Waals surface area contributed by atoms with Crippen LogP contribution in [0, 0.1) is 13.8 Å². The van der Waals surface area contributed by atoms with Gasteiger partial charge in [0.1, 0.15) is 4.90 Å². The van der Waals surface area contributed by atoms with Gasteiger partial charge in [0.25, 0.3) is 0 Å². The van der Waals surface area contributed by atoms with Crippen LogP contribution in [0.5, 0.6) is 0 Å². The van der Waals surface area contributed by atoms with Crippen molar-refractivity contribution >= 4 is 15.7 Å². The van der Waals surface area contributed by atoms with Crippen LogP contribution in [0.15, 0.2) is 17.0 Å². The van der Waals surface area contributed by atoms with Gasteiger partial charge in [-0.1, -0.05) is 12.1 Å². The average molecular weight is 297 g/mol. The molecule has 0 aromatic heterocycles. The fourth-order valence-corrected chi connectivity index (χ4v) is 4.40. The molecule has 1 heterocycles. The Morgan fingerprint density at radius 2 is 1.95 bits per heavy atom. The summed E-state index contributed by atoms with van der Waals surface area (Å²) in [5, 5.41) is 0. The smallest absolute Gasteiger partial charge is 0.243 e. The number of aryl methyl sites for hydroxylation is 2. The minimum atomic E-state index is -3.57. The molecule has 0 bridgehead atoms. The fourth-order valence-electron chi connectivity index (χ4n) is 2.70. The molecule has 0 radical (unpaired) electrons. The molecule has 1 saturated heterocycles. The zero-order valence-electron chi connectivity index (χ0n) is 12.3. The topological polar surface area (TPSA) is 75.4 Å². The minimum absolute atomic E-state index is 0.0435. The van der Waals surface area contributed by atoms with Crippen molar-refractivity contribution in [3.63, 3.8) is 0 Å². The van der Waals surface area contributed by atoms with Gasteiger partial charge >= 0.3 is 0 Å². The second kappa shape index (κ2) is 5.71. The molecule has 1 fully saturated rings. The number of piperidine rings is 1. The van der Waals surface area contributed by atoms with E-state index in [1.165, 1.54) is 0 Å². The van der Waals surface area contributed by atoms with Crippen molar-refractivity contribution in [1.82, 2.24) is 9.62 Å². The Morgan fingerprint density at radius 3 is 2.60 bits per heavy atom. The molecule has 3 N–H and O–H groups in total. The first-order valence-electron chi connectivity index (χ1n) is 6.88. The molecule has 1 unspecified atom stereocenters. The van der Waals surface area contributed by atoms with Gasteiger partial charge in [-0.2, -0.15) is 0 Å². The van der Waals surface area contributed by atoms with Gasteiger partial charge in [-0.05, 0) is 51.4 Å². The van der Waals surface area contributed by atoms with Crippen molar-refractivity contribution in [3.8, 4) is 0 Å². The number of benzene rings is 1. The van der Waals surface area contributed by atoms with Gasteiger partial charge in [-0.25, -0.2) is 13.1 Å². The fraction of sp³-hybridized carbons (Fsp3) is 0.571. The van der Waals surface area contributed by atoms with Crippen molar-refractivity contribution in [1.29, 1.82) is 0 Å². The van der Waals surface area contributed by atoms with E-state index in [0.29, 0.717) is 11.3 Å². The number of likely N-dealkylation sites (tertiary alicyclic amines) is 1. The third-order valence-corrected chi connectivity index (χ3v) is 5.55. The summed E-state index contributed by atoms with van der Waals surface area (Å²) in [5.74, 6) is 0. The monoisotopic (exact) mass is 297 g/mol. The molecular formula is C14H23N3O2S. The Bertz CT molecular complexity index is 599. The summed E-state index contributed by atoms with van der Waals surface area (Å²) < 4.78 is 28.0. The maximum absolute atomic E-state index is 12.6. The molecule has 5 nitrogen and oxygen atoms in total. The normalized spacial score (nSPS) is 21.1. The molecule has 6 heteroatoms. The van der Waals surface area contributed by atoms with Crippen LogP contribution in [0.1, 0.15) is 24.0 Å². The van der Waals surface area contributed by atoms with E-state index in [9.17, 15) is 8.42 Å². The molecule has 1 aliphatic heterocycles. The molecular weight excluding hydrogens is 274 g/mol. The van der Waals surface area contributed by atoms with Crippen LogP contribution in [-0.2, 0) is 10.0 Å². The molecule has 0 aliphatic carbocycles. The quantitative estimate of drug-likeness (QED) is 0.824. The van der Waals surface area contributed by atoms with E-state index >= 15 is 0 Å². The lowest BCUT2D eigenvalue weighted by molar-refractivity contribution is 0.242. The molecule has 0 spiro atoms. The van der Waals surface area contributed by atoms with Crippen molar-refractivity contribution < 1.29 is 8.42 Å². The van der Waals surface area contributed by atoms with E-state index in [-0.39, 0.29) is 10.9 Å². The van der Waals surface area contributed by atoms with Gasteiger partial charge in [0.05, 0.1) is 5.69 Å². The Hall–Kier alpha value is -1.11. The Morgan fingerprint density at radius 1 is 1.30 bits per heavy atom. The summed E-state index contributed by atoms with van der Waals surface area (Å²) in [6.07, 6.45) is 1.88. The number of likely N-dealkylation sites (N-methyl/N-ethyl adjacent to an activating group) is 1. The lowest BCUT2D eigenvalue weighted by atomic mass is 10.1. The van der Waals surface area contributed by atoms with Crippen LogP contribution in [0.3, 0.4) is 0 Å². The van der Waals surface area contributed by atoms with Crippen LogP contribution >= 0.6 is 0 Å². The highest BCUT2D eigenvalue weighted by Crippen LogP contribution is 2.26. The van der Waals surface area contributed by atoms with Crippen molar-refractivity contribution in [2.24, 2.45) is 0 Å². The van der Waals surface area contributed by atoms with Crippen molar-refractivity contribution in [3.05, 3.63) is 23.3 Å². The van der Waals surface area contributed by atoms with Crippen LogP contribution < -0.4 is 10.5 Å². The predicted molar refractivity (Wildman–Crippen MR) is 81.2 cm³/mol. The largest absolute Gasteiger partial charge is 0.397 e. The summed E-state index contributed by atoms with van der Waals surface area (Å²) in [4.78, 5) is 2.37. The van der Waals surface area contributed by atoms with Gasteiger partial charge < -0.3 is 10.6 Å². The number of nitrogens with two attached hydrogens (primary N) is 1. The molecule has 0 saturated carbocycles. The van der Waals surface area contributed by atoms with Crippen molar-refractivity contribution in [2.75, 3.05) is 25.9 Å². The molecule has 112 valence electrons. The molecule has 0 amide bonds. The number of hydrogen-bond donors (Lipinski definition) is 2. The first-order valence-corrected chi connectivity index (χ1v) is 8.36. The van der Waals surface area contributed by atoms with Crippen LogP contribution in [0.2, 0.25) is 0 Å². The molecule has 1 atom stereocenters. The minimum Gasteiger partial charge on any atom is -0.397 e. The highest BCUT2D eigenvalue weighted by Gasteiger charge is 2.26. The molecule has 1 aromatic carbocycles. The van der Waals surface area contributed by atoms with Gasteiger partial charge in [0.15, 0.2) is 0 Å². The first kappa shape index (κ1) is 15.3. The Balaban J connectivity index is 2.29. The highest BCUT2D eigenvalue weighted by atomic mass is 32.2. The number of rotatable bonds is 3. The van der Waals surface area contributed by atoms with Gasteiger partial charge in [-0.15, -0.1) is 0 Å². The van der Waals surface area contributed by atoms with Gasteiger partial charge in [0.2, 0.25) is 10.0 Å². The van der Waals surface area contributed by atoms with E-state index in [0.717, 1.165) is 31.5 Å². The zero-order chi connectivity index (χ0) is 14.9. The summed E-state index contributed by atoms with van der Waals surface area (Å²) in [7, 11) is -1.56. The number of nitrogens with one attached hydrogen (secondary N) is 1. The average Bonchev–Trinajstić information content (AvgIpc) is 2.33. The summed E-state index contributed by atoms with van der Waals surface area (Å²) in [5.41, 5.74) is 7.79. The highest BCUT2D eigenvalue weighted by molar-refractivity contribution is 7.89. The SMILES string of the molecule is Cc1ccc(C)c(S(=O)(=O)NC2CCCN(C)C2)c1N. The second-order valence-corrected chi connectivity index (χ2v) is 7.32. The van der Waals surface area contributed by atoms with Gasteiger partial charge in [0, 0.05) is 12.6 Å². The van der Waals surface area contributed by atoms with Crippen LogP contribution in [0.4, 0.5) is 5.69 Å². The number of nitrogens with zero attached hydrogens (tertiary/aromatic N) is 1. The third kappa shape index (κ3) is 3.13. The molecule has 1 aliphatic rings. The second-order valence-electron chi connectivity index (χ2n) is 5.66. The standard InChI is InChI=1S/C14H23N3O2S/c1-10-6-7-11(2)14(13(10)15)20(18,19)16-12-5-4-8-17(3)9-12/h6-7,12,16H,4-5,8-9,15H2,1-3H3. The van der Waals surface area contributed by atoms with Gasteiger partial charge in [-0.3, -0.25) is 0 Å².